The van der Waals surface area contributed by atoms with Crippen molar-refractivity contribution in [2.75, 3.05) is 45.3 Å². The molecule has 0 radical (unpaired) electrons. The maximum atomic E-state index is 12.0. The highest BCUT2D eigenvalue weighted by atomic mass is 16.5. The summed E-state index contributed by atoms with van der Waals surface area (Å²) in [5.41, 5.74) is 1.07. The molecule has 1 saturated heterocycles. The van der Waals surface area contributed by atoms with Crippen molar-refractivity contribution in [1.29, 1.82) is 0 Å². The van der Waals surface area contributed by atoms with Crippen LogP contribution in [0.4, 0.5) is 10.5 Å². The van der Waals surface area contributed by atoms with Gasteiger partial charge in [-0.1, -0.05) is 12.1 Å². The molecular weight excluding hydrogens is 298 g/mol. The average Bonchev–Trinajstić information content (AvgIpc) is 2.60. The zero-order valence-electron chi connectivity index (χ0n) is 13.8. The summed E-state index contributed by atoms with van der Waals surface area (Å²) >= 11 is 0. The van der Waals surface area contributed by atoms with Crippen LogP contribution in [0.2, 0.25) is 0 Å². The van der Waals surface area contributed by atoms with E-state index in [2.05, 4.69) is 15.0 Å². The van der Waals surface area contributed by atoms with Gasteiger partial charge in [0.2, 0.25) is 0 Å². The molecule has 23 heavy (non-hydrogen) atoms. The van der Waals surface area contributed by atoms with Gasteiger partial charge in [0.25, 0.3) is 5.91 Å². The Kier molecular flexibility index (Phi) is 5.81. The monoisotopic (exact) mass is 322 g/mol. The van der Waals surface area contributed by atoms with Gasteiger partial charge in [0.15, 0.2) is 6.04 Å². The first-order chi connectivity index (χ1) is 11.1. The molecule has 0 spiro atoms. The largest absolute Gasteiger partial charge is 0.495 e. The van der Waals surface area contributed by atoms with Crippen LogP contribution in [0.3, 0.4) is 0 Å². The molecule has 0 unspecified atom stereocenters. The van der Waals surface area contributed by atoms with Gasteiger partial charge in [-0.2, -0.15) is 0 Å². The van der Waals surface area contributed by atoms with E-state index in [4.69, 9.17) is 4.74 Å². The third-order valence-corrected chi connectivity index (χ3v) is 4.25. The molecule has 1 fully saturated rings. The number of hydrogen-bond acceptors (Lipinski definition) is 5. The summed E-state index contributed by atoms with van der Waals surface area (Å²) in [4.78, 5) is 26.5. The number of para-hydroxylation sites is 2. The van der Waals surface area contributed by atoms with Gasteiger partial charge in [0, 0.05) is 0 Å². The van der Waals surface area contributed by atoms with Gasteiger partial charge in [-0.25, -0.2) is 4.79 Å². The number of carbonyl (C=O) groups excluding carboxylic acids is 2. The first-order valence-electron chi connectivity index (χ1n) is 7.68. The van der Waals surface area contributed by atoms with Crippen molar-refractivity contribution in [3.63, 3.8) is 0 Å². The lowest BCUT2D eigenvalue weighted by molar-refractivity contribution is -0.914. The van der Waals surface area contributed by atoms with Crippen LogP contribution >= 0.6 is 0 Å². The van der Waals surface area contributed by atoms with E-state index in [1.54, 1.807) is 7.11 Å². The van der Waals surface area contributed by atoms with Crippen molar-refractivity contribution in [1.82, 2.24) is 5.32 Å². The molecule has 1 aromatic carbocycles. The third-order valence-electron chi connectivity index (χ3n) is 4.25. The number of amides is 2. The van der Waals surface area contributed by atoms with Crippen LogP contribution < -0.4 is 19.9 Å². The molecule has 1 aliphatic heterocycles. The molecule has 1 heterocycles. The molecule has 7 heteroatoms. The summed E-state index contributed by atoms with van der Waals surface area (Å²) in [7, 11) is 2.91. The number of nitrogens with zero attached hydrogens (tertiary/aromatic N) is 1. The normalized spacial score (nSPS) is 16.6. The fraction of sp³-hybridized carbons (Fsp3) is 0.500. The number of benzene rings is 1. The van der Waals surface area contributed by atoms with E-state index >= 15 is 0 Å². The second-order valence-electron chi connectivity index (χ2n) is 5.52. The summed E-state index contributed by atoms with van der Waals surface area (Å²) in [5.74, 6) is 0.546. The quantitative estimate of drug-likeness (QED) is 0.794. The Balaban J connectivity index is 1.93. The van der Waals surface area contributed by atoms with Crippen LogP contribution in [0.25, 0.3) is 0 Å². The molecule has 1 aromatic rings. The number of quaternary nitrogens is 1. The van der Waals surface area contributed by atoms with Crippen LogP contribution in [0, 0.1) is 0 Å². The predicted molar refractivity (Wildman–Crippen MR) is 85.9 cm³/mol. The molecular formula is C16H24N3O4+. The maximum Gasteiger partial charge on any atom is 0.413 e. The lowest BCUT2D eigenvalue weighted by Gasteiger charge is -2.36. The predicted octanol–water partition coefficient (Wildman–Crippen LogP) is -0.329. The molecule has 0 saturated carbocycles. The van der Waals surface area contributed by atoms with Gasteiger partial charge in [-0.15, -0.1) is 0 Å². The Morgan fingerprint density at radius 3 is 2.48 bits per heavy atom. The van der Waals surface area contributed by atoms with Crippen molar-refractivity contribution in [3.8, 4) is 5.75 Å². The smallest absolute Gasteiger partial charge is 0.413 e. The highest BCUT2D eigenvalue weighted by Gasteiger charge is 2.30. The van der Waals surface area contributed by atoms with Gasteiger partial charge in [-0.05, 0) is 19.1 Å². The SMILES string of the molecule is COC(=O)NC(=O)[C@@H](C)[NH+]1CCN(c2ccccc2OC)CC1. The zero-order valence-corrected chi connectivity index (χ0v) is 13.8. The van der Waals surface area contributed by atoms with E-state index < -0.39 is 6.09 Å². The Bertz CT molecular complexity index is 556. The van der Waals surface area contributed by atoms with Crippen LogP contribution in [-0.4, -0.2) is 58.4 Å². The minimum atomic E-state index is -0.714. The highest BCUT2D eigenvalue weighted by molar-refractivity contribution is 5.93. The van der Waals surface area contributed by atoms with Crippen molar-refractivity contribution >= 4 is 17.7 Å². The van der Waals surface area contributed by atoms with E-state index in [1.165, 1.54) is 7.11 Å². The Morgan fingerprint density at radius 2 is 1.87 bits per heavy atom. The van der Waals surface area contributed by atoms with Crippen molar-refractivity contribution < 1.29 is 24.0 Å². The maximum absolute atomic E-state index is 12.0. The fourth-order valence-electron chi connectivity index (χ4n) is 2.80. The standard InChI is InChI=1S/C16H23N3O4/c1-12(15(20)17-16(21)23-3)18-8-10-19(11-9-18)13-6-4-5-7-14(13)22-2/h4-7,12H,8-11H2,1-3H3,(H,17,20,21)/p+1/t12-/m1/s1. The topological polar surface area (TPSA) is 72.3 Å². The summed E-state index contributed by atoms with van der Waals surface area (Å²) in [6.07, 6.45) is -0.714. The second kappa shape index (κ2) is 7.82. The van der Waals surface area contributed by atoms with Gasteiger partial charge >= 0.3 is 6.09 Å². The molecule has 2 N–H and O–H groups in total. The number of anilines is 1. The van der Waals surface area contributed by atoms with E-state index in [0.29, 0.717) is 0 Å². The van der Waals surface area contributed by atoms with E-state index in [1.807, 2.05) is 31.2 Å². The number of rotatable bonds is 4. The number of piperazine rings is 1. The van der Waals surface area contributed by atoms with Gasteiger partial charge < -0.3 is 19.3 Å². The zero-order chi connectivity index (χ0) is 16.8. The molecule has 0 bridgehead atoms. The summed E-state index contributed by atoms with van der Waals surface area (Å²) in [6.45, 7) is 5.10. The summed E-state index contributed by atoms with van der Waals surface area (Å²) in [5, 5.41) is 2.23. The minimum absolute atomic E-state index is 0.297. The van der Waals surface area contributed by atoms with Gasteiger partial charge in [0.1, 0.15) is 5.75 Å². The molecule has 0 aliphatic carbocycles. The number of carbonyl (C=O) groups is 2. The summed E-state index contributed by atoms with van der Waals surface area (Å²) < 4.78 is 9.86. The van der Waals surface area contributed by atoms with Gasteiger partial charge in [0.05, 0.1) is 46.1 Å². The minimum Gasteiger partial charge on any atom is -0.495 e. The van der Waals surface area contributed by atoms with Gasteiger partial charge in [-0.3, -0.25) is 10.1 Å². The van der Waals surface area contributed by atoms with E-state index in [9.17, 15) is 9.59 Å². The number of imide groups is 1. The Labute approximate surface area is 136 Å². The molecule has 1 atom stereocenters. The van der Waals surface area contributed by atoms with Crippen LogP contribution in [-0.2, 0) is 9.53 Å². The van der Waals surface area contributed by atoms with E-state index in [0.717, 1.165) is 42.5 Å². The molecule has 0 aromatic heterocycles. The summed E-state index contributed by atoms with van der Waals surface area (Å²) in [6, 6.07) is 7.62. The number of ether oxygens (including phenoxy) is 2. The van der Waals surface area contributed by atoms with Crippen LogP contribution in [0.1, 0.15) is 6.92 Å². The molecule has 2 amide bonds. The fourth-order valence-corrected chi connectivity index (χ4v) is 2.80. The lowest BCUT2D eigenvalue weighted by Crippen LogP contribution is -3.19. The third kappa shape index (κ3) is 4.13. The highest BCUT2D eigenvalue weighted by Crippen LogP contribution is 2.27. The Hall–Kier alpha value is -2.28. The van der Waals surface area contributed by atoms with Crippen molar-refractivity contribution in [3.05, 3.63) is 24.3 Å². The van der Waals surface area contributed by atoms with Crippen molar-refractivity contribution in [2.45, 2.75) is 13.0 Å². The number of alkyl carbamates (subject to hydrolysis) is 1. The average molecular weight is 322 g/mol. The number of nitrogens with one attached hydrogen (secondary N) is 2. The second-order valence-corrected chi connectivity index (χ2v) is 5.52. The van der Waals surface area contributed by atoms with Crippen LogP contribution in [0.15, 0.2) is 24.3 Å². The molecule has 2 rings (SSSR count). The number of methoxy groups -OCH3 is 2. The molecule has 1 aliphatic rings. The van der Waals surface area contributed by atoms with Crippen molar-refractivity contribution in [2.24, 2.45) is 0 Å². The lowest BCUT2D eigenvalue weighted by atomic mass is 10.2. The molecule has 7 nitrogen and oxygen atoms in total. The first-order valence-corrected chi connectivity index (χ1v) is 7.68. The molecule has 126 valence electrons. The Morgan fingerprint density at radius 1 is 1.22 bits per heavy atom. The first kappa shape index (κ1) is 17.1. The number of hydrogen-bond donors (Lipinski definition) is 2. The van der Waals surface area contributed by atoms with E-state index in [-0.39, 0.29) is 11.9 Å². The van der Waals surface area contributed by atoms with Crippen LogP contribution in [0.5, 0.6) is 5.75 Å².